The number of rotatable bonds is 6. The Labute approximate surface area is 196 Å². The highest BCUT2D eigenvalue weighted by molar-refractivity contribution is 5.94. The smallest absolute Gasteiger partial charge is 0.263 e. The number of carbonyl (C=O) groups is 1. The average Bonchev–Trinajstić information content (AvgIpc) is 2.85. The van der Waals surface area contributed by atoms with Crippen molar-refractivity contribution >= 4 is 22.6 Å². The van der Waals surface area contributed by atoms with Gasteiger partial charge in [-0.25, -0.2) is 9.37 Å². The van der Waals surface area contributed by atoms with Gasteiger partial charge in [-0.3, -0.25) is 9.59 Å². The minimum absolute atomic E-state index is 0.0183. The number of aryl methyl sites for hydroxylation is 1. The van der Waals surface area contributed by atoms with E-state index in [0.717, 1.165) is 36.8 Å². The number of anilines is 1. The maximum absolute atomic E-state index is 14.5. The summed E-state index contributed by atoms with van der Waals surface area (Å²) in [6, 6.07) is 10.3. The van der Waals surface area contributed by atoms with Crippen LogP contribution in [0.3, 0.4) is 0 Å². The van der Waals surface area contributed by atoms with Gasteiger partial charge < -0.3 is 24.7 Å². The predicted molar refractivity (Wildman–Crippen MR) is 126 cm³/mol. The van der Waals surface area contributed by atoms with Gasteiger partial charge in [0.05, 0.1) is 17.8 Å². The van der Waals surface area contributed by atoms with E-state index >= 15 is 0 Å². The first-order valence-corrected chi connectivity index (χ1v) is 11.5. The van der Waals surface area contributed by atoms with Gasteiger partial charge in [0.2, 0.25) is 0 Å². The first kappa shape index (κ1) is 22.3. The lowest BCUT2D eigenvalue weighted by molar-refractivity contribution is -0.118. The van der Waals surface area contributed by atoms with E-state index in [9.17, 15) is 14.0 Å². The largest absolute Gasteiger partial charge is 0.488 e. The summed E-state index contributed by atoms with van der Waals surface area (Å²) in [5.74, 6) is 0.871. The summed E-state index contributed by atoms with van der Waals surface area (Å²) in [5, 5.41) is 7.04. The Morgan fingerprint density at radius 2 is 1.94 bits per heavy atom. The number of halogens is 1. The van der Waals surface area contributed by atoms with Crippen LogP contribution in [0, 0.1) is 11.7 Å². The first-order chi connectivity index (χ1) is 16.5. The van der Waals surface area contributed by atoms with Gasteiger partial charge in [0.15, 0.2) is 29.7 Å². The Bertz CT molecular complexity index is 1280. The van der Waals surface area contributed by atoms with Crippen LogP contribution < -0.4 is 25.7 Å². The highest BCUT2D eigenvalue weighted by Gasteiger charge is 2.23. The monoisotopic (exact) mass is 466 g/mol. The zero-order valence-corrected chi connectivity index (χ0v) is 19.0. The number of carbonyl (C=O) groups excluding carboxylic acids is 1. The summed E-state index contributed by atoms with van der Waals surface area (Å²) in [6.45, 7) is 1.03. The fourth-order valence-corrected chi connectivity index (χ4v) is 4.65. The molecule has 0 bridgehead atoms. The predicted octanol–water partition coefficient (Wildman–Crippen LogP) is 3.13. The minimum atomic E-state index is -0.455. The lowest BCUT2D eigenvalue weighted by Crippen LogP contribution is -2.34. The van der Waals surface area contributed by atoms with Gasteiger partial charge in [-0.15, -0.1) is 0 Å². The molecular formula is C25H27FN4O4. The Morgan fingerprint density at radius 1 is 1.15 bits per heavy atom. The second-order valence-electron chi connectivity index (χ2n) is 8.94. The summed E-state index contributed by atoms with van der Waals surface area (Å²) in [5.41, 5.74) is 1.13. The number of benzene rings is 1. The van der Waals surface area contributed by atoms with E-state index in [-0.39, 0.29) is 23.8 Å². The molecule has 1 amide bonds. The van der Waals surface area contributed by atoms with Crippen molar-refractivity contribution in [3.63, 3.8) is 0 Å². The molecule has 1 saturated carbocycles. The van der Waals surface area contributed by atoms with Gasteiger partial charge in [-0.1, -0.05) is 0 Å². The lowest BCUT2D eigenvalue weighted by Gasteiger charge is -2.29. The molecule has 0 unspecified atom stereocenters. The van der Waals surface area contributed by atoms with Crippen molar-refractivity contribution in [2.24, 2.45) is 13.0 Å². The Hall–Kier alpha value is -3.46. The number of aromatic nitrogens is 2. The molecule has 9 heteroatoms. The molecule has 2 N–H and O–H groups in total. The van der Waals surface area contributed by atoms with E-state index < -0.39 is 5.82 Å². The number of ether oxygens (including phenoxy) is 2. The molecule has 0 atom stereocenters. The van der Waals surface area contributed by atoms with Crippen molar-refractivity contribution in [3.05, 3.63) is 58.3 Å². The van der Waals surface area contributed by atoms with Crippen molar-refractivity contribution in [3.8, 4) is 11.5 Å². The summed E-state index contributed by atoms with van der Waals surface area (Å²) in [4.78, 5) is 28.0. The third-order valence-electron chi connectivity index (χ3n) is 6.60. The van der Waals surface area contributed by atoms with E-state index in [4.69, 9.17) is 9.47 Å². The van der Waals surface area contributed by atoms with E-state index in [1.165, 1.54) is 16.7 Å². The number of hydrogen-bond donors (Lipinski definition) is 2. The van der Waals surface area contributed by atoms with Crippen LogP contribution in [0.5, 0.6) is 11.5 Å². The van der Waals surface area contributed by atoms with Crippen molar-refractivity contribution < 1.29 is 18.7 Å². The topological polar surface area (TPSA) is 94.5 Å². The van der Waals surface area contributed by atoms with Crippen molar-refractivity contribution in [1.82, 2.24) is 14.9 Å². The Morgan fingerprint density at radius 3 is 2.76 bits per heavy atom. The number of fused-ring (bicyclic) bond motifs is 2. The molecule has 8 nitrogen and oxygen atoms in total. The van der Waals surface area contributed by atoms with Gasteiger partial charge in [-0.05, 0) is 61.9 Å². The van der Waals surface area contributed by atoms with Crippen LogP contribution in [0.2, 0.25) is 0 Å². The summed E-state index contributed by atoms with van der Waals surface area (Å²) in [7, 11) is 1.63. The van der Waals surface area contributed by atoms with Crippen molar-refractivity contribution in [1.29, 1.82) is 0 Å². The van der Waals surface area contributed by atoms with Crippen LogP contribution in [0.25, 0.3) is 10.9 Å². The maximum atomic E-state index is 14.5. The van der Waals surface area contributed by atoms with Crippen LogP contribution >= 0.6 is 0 Å². The zero-order chi connectivity index (χ0) is 23.7. The summed E-state index contributed by atoms with van der Waals surface area (Å²) < 4.78 is 27.3. The maximum Gasteiger partial charge on any atom is 0.263 e. The van der Waals surface area contributed by atoms with Crippen molar-refractivity contribution in [2.45, 2.75) is 38.3 Å². The average molecular weight is 467 g/mol. The molecule has 178 valence electrons. The molecule has 1 aromatic carbocycles. The van der Waals surface area contributed by atoms with Crippen LogP contribution in [-0.4, -0.2) is 34.7 Å². The second kappa shape index (κ2) is 9.42. The number of amides is 1. The number of hydrogen-bond acceptors (Lipinski definition) is 6. The fourth-order valence-electron chi connectivity index (χ4n) is 4.65. The van der Waals surface area contributed by atoms with E-state index in [2.05, 4.69) is 15.6 Å². The second-order valence-corrected chi connectivity index (χ2v) is 8.94. The number of nitrogens with one attached hydrogen (secondary N) is 2. The highest BCUT2D eigenvalue weighted by Crippen LogP contribution is 2.31. The van der Waals surface area contributed by atoms with E-state index in [0.29, 0.717) is 42.2 Å². The molecular weight excluding hydrogens is 439 g/mol. The molecule has 2 aromatic heterocycles. The molecule has 0 saturated heterocycles. The fraction of sp³-hybridized carbons (Fsp3) is 0.400. The standard InChI is InChI=1S/C25H27FN4O4/c1-30-22(32)11-5-16-4-9-19(26)24(23(16)30)34-13-15-2-6-17(7-3-15)27-12-18-8-10-20-25(28-18)29-21(31)14-33-20/h4-5,8-11,15,17,27H,2-3,6-7,12-14H2,1H3,(H,28,29,31)/t15-,17-. The molecule has 5 rings (SSSR count). The van der Waals surface area contributed by atoms with Gasteiger partial charge >= 0.3 is 0 Å². The van der Waals surface area contributed by atoms with Gasteiger partial charge in [0.1, 0.15) is 0 Å². The molecule has 3 aromatic rings. The molecule has 2 aliphatic rings. The number of pyridine rings is 2. The molecule has 1 aliphatic heterocycles. The number of nitrogens with zero attached hydrogens (tertiary/aromatic N) is 2. The quantitative estimate of drug-likeness (QED) is 0.580. The summed E-state index contributed by atoms with van der Waals surface area (Å²) >= 11 is 0. The molecule has 0 radical (unpaired) electrons. The molecule has 3 heterocycles. The normalized spacial score (nSPS) is 19.9. The van der Waals surface area contributed by atoms with Crippen LogP contribution in [0.15, 0.2) is 41.2 Å². The minimum Gasteiger partial charge on any atom is -0.488 e. The van der Waals surface area contributed by atoms with Crippen LogP contribution in [0.4, 0.5) is 10.2 Å². The molecule has 1 aliphatic carbocycles. The van der Waals surface area contributed by atoms with Crippen molar-refractivity contribution in [2.75, 3.05) is 18.5 Å². The van der Waals surface area contributed by atoms with E-state index in [1.807, 2.05) is 12.1 Å². The van der Waals surface area contributed by atoms with Crippen LogP contribution in [0.1, 0.15) is 31.4 Å². The third kappa shape index (κ3) is 4.61. The van der Waals surface area contributed by atoms with Gasteiger partial charge in [-0.2, -0.15) is 0 Å². The molecule has 1 fully saturated rings. The third-order valence-corrected chi connectivity index (χ3v) is 6.60. The van der Waals surface area contributed by atoms with E-state index in [1.54, 1.807) is 19.2 Å². The Kier molecular flexibility index (Phi) is 6.19. The lowest BCUT2D eigenvalue weighted by atomic mass is 9.86. The SMILES string of the molecule is Cn1c(=O)ccc2ccc(F)c(OC[C@H]3CC[C@H](NCc4ccc5c(n4)NC(=O)CO5)CC3)c21. The highest BCUT2D eigenvalue weighted by atomic mass is 19.1. The molecule has 34 heavy (non-hydrogen) atoms. The van der Waals surface area contributed by atoms with Gasteiger partial charge in [0, 0.05) is 31.1 Å². The van der Waals surface area contributed by atoms with Gasteiger partial charge in [0.25, 0.3) is 11.5 Å². The Balaban J connectivity index is 1.15. The first-order valence-electron chi connectivity index (χ1n) is 11.5. The molecule has 0 spiro atoms. The van der Waals surface area contributed by atoms with Crippen LogP contribution in [-0.2, 0) is 18.4 Å². The summed E-state index contributed by atoms with van der Waals surface area (Å²) in [6.07, 6.45) is 3.89. The zero-order valence-electron chi connectivity index (χ0n) is 19.0.